The summed E-state index contributed by atoms with van der Waals surface area (Å²) in [6.45, 7) is 6.21. The van der Waals surface area contributed by atoms with Gasteiger partial charge < -0.3 is 4.52 Å². The third-order valence-corrected chi connectivity index (χ3v) is 1.79. The summed E-state index contributed by atoms with van der Waals surface area (Å²) in [6, 6.07) is 4.01. The molecule has 13 heavy (non-hydrogen) atoms. The van der Waals surface area contributed by atoms with Crippen LogP contribution in [0.15, 0.2) is 10.6 Å². The Bertz CT molecular complexity index is 314. The van der Waals surface area contributed by atoms with Crippen molar-refractivity contribution in [2.24, 2.45) is 0 Å². The second-order valence-electron chi connectivity index (χ2n) is 4.09. The summed E-state index contributed by atoms with van der Waals surface area (Å²) in [6.07, 6.45) is 1.17. The van der Waals surface area contributed by atoms with Gasteiger partial charge in [-0.3, -0.25) is 0 Å². The van der Waals surface area contributed by atoms with E-state index in [0.717, 1.165) is 11.5 Å². The molecule has 0 radical (unpaired) electrons. The molecule has 0 saturated carbocycles. The summed E-state index contributed by atoms with van der Waals surface area (Å²) >= 11 is 0. The molecule has 3 heteroatoms. The molecule has 70 valence electrons. The molecule has 0 aliphatic carbocycles. The monoisotopic (exact) mass is 178 g/mol. The van der Waals surface area contributed by atoms with Crippen LogP contribution in [0.1, 0.15) is 38.6 Å². The van der Waals surface area contributed by atoms with Gasteiger partial charge >= 0.3 is 0 Å². The molecule has 1 heterocycles. The topological polar surface area (TPSA) is 49.8 Å². The Balaban J connectivity index is 2.71. The maximum atomic E-state index is 8.39. The van der Waals surface area contributed by atoms with Crippen molar-refractivity contribution in [1.29, 1.82) is 5.26 Å². The molecule has 1 rings (SSSR count). The van der Waals surface area contributed by atoms with Crippen LogP contribution in [0.5, 0.6) is 0 Å². The standard InChI is InChI=1S/C10H14N2O/c1-10(2,3)9-7-8(12-13-9)5-4-6-11/h7H,4-5H2,1-3H3. The van der Waals surface area contributed by atoms with Gasteiger partial charge in [0.25, 0.3) is 0 Å². The van der Waals surface area contributed by atoms with E-state index in [1.165, 1.54) is 0 Å². The first-order chi connectivity index (χ1) is 6.04. The fraction of sp³-hybridized carbons (Fsp3) is 0.600. The van der Waals surface area contributed by atoms with Crippen LogP contribution < -0.4 is 0 Å². The van der Waals surface area contributed by atoms with Crippen LogP contribution in [0.25, 0.3) is 0 Å². The SMILES string of the molecule is CC(C)(C)c1cc(CCC#N)no1. The molecular weight excluding hydrogens is 164 g/mol. The van der Waals surface area contributed by atoms with Gasteiger partial charge in [0.2, 0.25) is 0 Å². The molecular formula is C10H14N2O. The fourth-order valence-corrected chi connectivity index (χ4v) is 0.967. The van der Waals surface area contributed by atoms with E-state index in [-0.39, 0.29) is 5.41 Å². The van der Waals surface area contributed by atoms with E-state index in [1.807, 2.05) is 6.07 Å². The quantitative estimate of drug-likeness (QED) is 0.698. The van der Waals surface area contributed by atoms with Crippen LogP contribution in [0, 0.1) is 11.3 Å². The molecule has 0 atom stereocenters. The molecule has 0 aliphatic rings. The lowest BCUT2D eigenvalue weighted by Crippen LogP contribution is -2.09. The summed E-state index contributed by atoms with van der Waals surface area (Å²) in [4.78, 5) is 0. The first kappa shape index (κ1) is 9.79. The zero-order valence-corrected chi connectivity index (χ0v) is 8.29. The summed E-state index contributed by atoms with van der Waals surface area (Å²) in [5.41, 5.74) is 0.865. The van der Waals surface area contributed by atoms with Crippen LogP contribution in [-0.4, -0.2) is 5.16 Å². The third-order valence-electron chi connectivity index (χ3n) is 1.79. The van der Waals surface area contributed by atoms with Gasteiger partial charge in [-0.05, 0) is 0 Å². The number of nitriles is 1. The van der Waals surface area contributed by atoms with Gasteiger partial charge in [-0.15, -0.1) is 0 Å². The van der Waals surface area contributed by atoms with Gasteiger partial charge in [0.1, 0.15) is 5.76 Å². The fourth-order valence-electron chi connectivity index (χ4n) is 0.967. The third kappa shape index (κ3) is 2.59. The molecule has 1 aromatic heterocycles. The molecule has 0 unspecified atom stereocenters. The molecule has 0 spiro atoms. The van der Waals surface area contributed by atoms with E-state index in [2.05, 4.69) is 32.0 Å². The molecule has 0 aliphatic heterocycles. The Labute approximate surface area is 78.3 Å². The molecule has 0 fully saturated rings. The highest BCUT2D eigenvalue weighted by molar-refractivity contribution is 5.13. The predicted octanol–water partition coefficient (Wildman–Crippen LogP) is 2.43. The van der Waals surface area contributed by atoms with Crippen molar-refractivity contribution in [1.82, 2.24) is 5.16 Å². The maximum absolute atomic E-state index is 8.39. The Hall–Kier alpha value is -1.30. The minimum absolute atomic E-state index is 0.00209. The number of hydrogen-bond donors (Lipinski definition) is 0. The lowest BCUT2D eigenvalue weighted by molar-refractivity contribution is 0.326. The zero-order valence-electron chi connectivity index (χ0n) is 8.29. The molecule has 0 amide bonds. The van der Waals surface area contributed by atoms with E-state index in [9.17, 15) is 0 Å². The molecule has 0 bridgehead atoms. The lowest BCUT2D eigenvalue weighted by Gasteiger charge is -2.12. The molecule has 0 aromatic carbocycles. The highest BCUT2D eigenvalue weighted by atomic mass is 16.5. The first-order valence-corrected chi connectivity index (χ1v) is 4.37. The second kappa shape index (κ2) is 3.61. The zero-order chi connectivity index (χ0) is 9.90. The predicted molar refractivity (Wildman–Crippen MR) is 49.1 cm³/mol. The minimum Gasteiger partial charge on any atom is -0.361 e. The maximum Gasteiger partial charge on any atom is 0.142 e. The Morgan fingerprint density at radius 1 is 1.54 bits per heavy atom. The number of rotatable bonds is 2. The highest BCUT2D eigenvalue weighted by Crippen LogP contribution is 2.22. The Morgan fingerprint density at radius 2 is 2.23 bits per heavy atom. The average molecular weight is 178 g/mol. The Kier molecular flexibility index (Phi) is 2.72. The minimum atomic E-state index is -0.00209. The van der Waals surface area contributed by atoms with E-state index >= 15 is 0 Å². The van der Waals surface area contributed by atoms with Crippen molar-refractivity contribution in [3.8, 4) is 6.07 Å². The van der Waals surface area contributed by atoms with Crippen molar-refractivity contribution in [2.45, 2.75) is 39.0 Å². The molecule has 1 aromatic rings. The highest BCUT2D eigenvalue weighted by Gasteiger charge is 2.19. The first-order valence-electron chi connectivity index (χ1n) is 4.37. The van der Waals surface area contributed by atoms with Crippen LogP contribution in [0.4, 0.5) is 0 Å². The van der Waals surface area contributed by atoms with Crippen LogP contribution in [-0.2, 0) is 11.8 Å². The van der Waals surface area contributed by atoms with E-state index < -0.39 is 0 Å². The smallest absolute Gasteiger partial charge is 0.142 e. The summed E-state index contributed by atoms with van der Waals surface area (Å²) in [5.74, 6) is 0.875. The van der Waals surface area contributed by atoms with Crippen molar-refractivity contribution in [3.63, 3.8) is 0 Å². The summed E-state index contributed by atoms with van der Waals surface area (Å²) < 4.78 is 5.17. The van der Waals surface area contributed by atoms with Gasteiger partial charge in [0, 0.05) is 24.3 Å². The van der Waals surface area contributed by atoms with E-state index in [1.54, 1.807) is 0 Å². The van der Waals surface area contributed by atoms with Crippen molar-refractivity contribution < 1.29 is 4.52 Å². The number of hydrogen-bond acceptors (Lipinski definition) is 3. The van der Waals surface area contributed by atoms with Crippen LogP contribution in [0.2, 0.25) is 0 Å². The van der Waals surface area contributed by atoms with Crippen LogP contribution in [0.3, 0.4) is 0 Å². The molecule has 0 saturated heterocycles. The second-order valence-corrected chi connectivity index (χ2v) is 4.09. The molecule has 0 N–H and O–H groups in total. The van der Waals surface area contributed by atoms with E-state index in [4.69, 9.17) is 9.78 Å². The van der Waals surface area contributed by atoms with Gasteiger partial charge in [-0.1, -0.05) is 25.9 Å². The van der Waals surface area contributed by atoms with Crippen molar-refractivity contribution in [2.75, 3.05) is 0 Å². The van der Waals surface area contributed by atoms with E-state index in [0.29, 0.717) is 12.8 Å². The van der Waals surface area contributed by atoms with Gasteiger partial charge in [-0.2, -0.15) is 5.26 Å². The van der Waals surface area contributed by atoms with Gasteiger partial charge in [0.15, 0.2) is 0 Å². The summed E-state index contributed by atoms with van der Waals surface area (Å²) in [5, 5.41) is 12.3. The summed E-state index contributed by atoms with van der Waals surface area (Å²) in [7, 11) is 0. The largest absolute Gasteiger partial charge is 0.361 e. The van der Waals surface area contributed by atoms with Crippen molar-refractivity contribution >= 4 is 0 Å². The normalized spacial score (nSPS) is 11.2. The lowest BCUT2D eigenvalue weighted by atomic mass is 9.93. The van der Waals surface area contributed by atoms with Crippen LogP contribution >= 0.6 is 0 Å². The van der Waals surface area contributed by atoms with Crippen molar-refractivity contribution in [3.05, 3.63) is 17.5 Å². The number of nitrogens with zero attached hydrogens (tertiary/aromatic N) is 2. The number of aromatic nitrogens is 1. The van der Waals surface area contributed by atoms with Gasteiger partial charge in [-0.25, -0.2) is 0 Å². The number of aryl methyl sites for hydroxylation is 1. The average Bonchev–Trinajstić information content (AvgIpc) is 2.47. The Morgan fingerprint density at radius 3 is 2.69 bits per heavy atom. The van der Waals surface area contributed by atoms with Gasteiger partial charge in [0.05, 0.1) is 11.8 Å². The molecule has 3 nitrogen and oxygen atoms in total.